The highest BCUT2D eigenvalue weighted by Gasteiger charge is 2.37. The lowest BCUT2D eigenvalue weighted by Crippen LogP contribution is -2.54. The summed E-state index contributed by atoms with van der Waals surface area (Å²) in [7, 11) is 0. The zero-order valence-electron chi connectivity index (χ0n) is 21.9. The van der Waals surface area contributed by atoms with Gasteiger partial charge in [-0.05, 0) is 57.2 Å². The van der Waals surface area contributed by atoms with Crippen LogP contribution in [0.4, 0.5) is 10.5 Å². The van der Waals surface area contributed by atoms with Crippen LogP contribution >= 0.6 is 0 Å². The van der Waals surface area contributed by atoms with E-state index in [1.165, 1.54) is 0 Å². The number of benzene rings is 2. The minimum absolute atomic E-state index is 0.217. The minimum Gasteiger partial charge on any atom is -0.444 e. The molecule has 0 aliphatic carbocycles. The summed E-state index contributed by atoms with van der Waals surface area (Å²) in [6, 6.07) is 15.0. The predicted octanol–water partition coefficient (Wildman–Crippen LogP) is 5.46. The summed E-state index contributed by atoms with van der Waals surface area (Å²) in [6.45, 7) is 13.2. The molecule has 2 aromatic rings. The van der Waals surface area contributed by atoms with E-state index in [1.54, 1.807) is 25.7 Å². The Bertz CT molecular complexity index is 999. The van der Waals surface area contributed by atoms with Gasteiger partial charge in [0.2, 0.25) is 5.91 Å². The van der Waals surface area contributed by atoms with Crippen molar-refractivity contribution in [3.63, 3.8) is 0 Å². The first kappa shape index (κ1) is 27.9. The average molecular weight is 482 g/mol. The summed E-state index contributed by atoms with van der Waals surface area (Å²) in [5.74, 6) is -0.862. The molecule has 7 heteroatoms. The summed E-state index contributed by atoms with van der Waals surface area (Å²) in [4.78, 5) is 41.6. The molecule has 0 aliphatic rings. The largest absolute Gasteiger partial charge is 0.444 e. The topological polar surface area (TPSA) is 87.7 Å². The Kier molecular flexibility index (Phi) is 9.87. The van der Waals surface area contributed by atoms with Crippen molar-refractivity contribution in [1.82, 2.24) is 10.2 Å². The molecule has 2 aromatic carbocycles. The van der Waals surface area contributed by atoms with Crippen LogP contribution < -0.4 is 10.6 Å². The molecule has 2 atom stereocenters. The van der Waals surface area contributed by atoms with E-state index in [1.807, 2.05) is 82.3 Å². The summed E-state index contributed by atoms with van der Waals surface area (Å²) >= 11 is 0. The van der Waals surface area contributed by atoms with Crippen LogP contribution in [-0.4, -0.2) is 41.0 Å². The van der Waals surface area contributed by atoms with Gasteiger partial charge in [0.05, 0.1) is 0 Å². The molecule has 2 N–H and O–H groups in total. The number of nitrogens with one attached hydrogen (secondary N) is 2. The molecule has 0 spiro atoms. The summed E-state index contributed by atoms with van der Waals surface area (Å²) < 4.78 is 5.39. The van der Waals surface area contributed by atoms with Crippen molar-refractivity contribution < 1.29 is 19.1 Å². The second-order valence-electron chi connectivity index (χ2n) is 10.0. The van der Waals surface area contributed by atoms with Crippen LogP contribution in [0.1, 0.15) is 65.1 Å². The van der Waals surface area contributed by atoms with E-state index >= 15 is 0 Å². The van der Waals surface area contributed by atoms with Gasteiger partial charge in [0.1, 0.15) is 17.7 Å². The van der Waals surface area contributed by atoms with Gasteiger partial charge in [0, 0.05) is 12.2 Å². The zero-order valence-corrected chi connectivity index (χ0v) is 21.9. The number of hydrogen-bond donors (Lipinski definition) is 2. The maximum Gasteiger partial charge on any atom is 0.408 e. The Morgan fingerprint density at radius 2 is 1.57 bits per heavy atom. The smallest absolute Gasteiger partial charge is 0.408 e. The molecule has 0 aliphatic heterocycles. The fraction of sp³-hybridized carbons (Fsp3) is 0.464. The molecular formula is C28H39N3O4. The van der Waals surface area contributed by atoms with Crippen LogP contribution in [0.2, 0.25) is 0 Å². The van der Waals surface area contributed by atoms with Crippen molar-refractivity contribution in [3.05, 3.63) is 65.7 Å². The van der Waals surface area contributed by atoms with Gasteiger partial charge in [-0.25, -0.2) is 4.79 Å². The molecule has 190 valence electrons. The van der Waals surface area contributed by atoms with E-state index in [0.29, 0.717) is 24.2 Å². The van der Waals surface area contributed by atoms with Crippen LogP contribution in [-0.2, 0) is 14.3 Å². The van der Waals surface area contributed by atoms with E-state index in [9.17, 15) is 14.4 Å². The molecule has 0 aromatic heterocycles. The molecule has 0 bridgehead atoms. The molecule has 3 amide bonds. The van der Waals surface area contributed by atoms with Crippen molar-refractivity contribution in [3.8, 4) is 0 Å². The van der Waals surface area contributed by atoms with E-state index in [-0.39, 0.29) is 17.7 Å². The van der Waals surface area contributed by atoms with Crippen molar-refractivity contribution in [2.24, 2.45) is 5.92 Å². The van der Waals surface area contributed by atoms with Gasteiger partial charge in [0.25, 0.3) is 5.91 Å². The lowest BCUT2D eigenvalue weighted by atomic mass is 9.98. The van der Waals surface area contributed by atoms with Gasteiger partial charge in [-0.15, -0.1) is 0 Å². The summed E-state index contributed by atoms with van der Waals surface area (Å²) in [5.41, 5.74) is 1.61. The first-order valence-electron chi connectivity index (χ1n) is 12.2. The van der Waals surface area contributed by atoms with Crippen LogP contribution in [0, 0.1) is 12.8 Å². The van der Waals surface area contributed by atoms with E-state index in [2.05, 4.69) is 10.6 Å². The maximum absolute atomic E-state index is 13.9. The summed E-state index contributed by atoms with van der Waals surface area (Å²) in [5, 5.41) is 5.73. The van der Waals surface area contributed by atoms with Crippen LogP contribution in [0.5, 0.6) is 0 Å². The third-order valence-corrected chi connectivity index (χ3v) is 5.43. The fourth-order valence-corrected chi connectivity index (χ4v) is 3.76. The zero-order chi connectivity index (χ0) is 26.2. The van der Waals surface area contributed by atoms with Gasteiger partial charge < -0.3 is 20.3 Å². The SMILES string of the molecule is CCCN(C(=O)C(NC(=O)OC(C)(C)C)C(C)C)C(C(=O)Nc1ccccc1C)c1ccccc1. The van der Waals surface area contributed by atoms with Gasteiger partial charge in [-0.3, -0.25) is 9.59 Å². The first-order chi connectivity index (χ1) is 16.4. The Morgan fingerprint density at radius 3 is 2.11 bits per heavy atom. The van der Waals surface area contributed by atoms with Crippen LogP contribution in [0.3, 0.4) is 0 Å². The maximum atomic E-state index is 13.9. The second-order valence-corrected chi connectivity index (χ2v) is 10.0. The van der Waals surface area contributed by atoms with Gasteiger partial charge >= 0.3 is 6.09 Å². The molecule has 35 heavy (non-hydrogen) atoms. The Balaban J connectivity index is 2.44. The van der Waals surface area contributed by atoms with Crippen LogP contribution in [0.15, 0.2) is 54.6 Å². The molecule has 0 radical (unpaired) electrons. The second kappa shape index (κ2) is 12.4. The highest BCUT2D eigenvalue weighted by Crippen LogP contribution is 2.26. The first-order valence-corrected chi connectivity index (χ1v) is 12.2. The number of carbonyl (C=O) groups excluding carboxylic acids is 3. The van der Waals surface area contributed by atoms with Crippen molar-refractivity contribution >= 4 is 23.6 Å². The number of hydrogen-bond acceptors (Lipinski definition) is 4. The molecule has 0 fully saturated rings. The van der Waals surface area contributed by atoms with Gasteiger partial charge in [-0.1, -0.05) is 69.3 Å². The normalized spacial score (nSPS) is 13.0. The number of rotatable bonds is 9. The molecule has 2 rings (SSSR count). The van der Waals surface area contributed by atoms with E-state index in [0.717, 1.165) is 5.56 Å². The lowest BCUT2D eigenvalue weighted by Gasteiger charge is -2.35. The Hall–Kier alpha value is -3.35. The third-order valence-electron chi connectivity index (χ3n) is 5.43. The molecule has 2 unspecified atom stereocenters. The Morgan fingerprint density at radius 1 is 0.971 bits per heavy atom. The molecule has 0 heterocycles. The molecular weight excluding hydrogens is 442 g/mol. The monoisotopic (exact) mass is 481 g/mol. The minimum atomic E-state index is -0.870. The number of anilines is 1. The predicted molar refractivity (Wildman–Crippen MR) is 139 cm³/mol. The quantitative estimate of drug-likeness (QED) is 0.498. The number of amides is 3. The number of aryl methyl sites for hydroxylation is 1. The lowest BCUT2D eigenvalue weighted by molar-refractivity contribution is -0.141. The number of carbonyl (C=O) groups is 3. The highest BCUT2D eigenvalue weighted by atomic mass is 16.6. The van der Waals surface area contributed by atoms with Crippen molar-refractivity contribution in [2.75, 3.05) is 11.9 Å². The van der Waals surface area contributed by atoms with Gasteiger partial charge in [0.15, 0.2) is 0 Å². The van der Waals surface area contributed by atoms with Crippen molar-refractivity contribution in [1.29, 1.82) is 0 Å². The van der Waals surface area contributed by atoms with E-state index in [4.69, 9.17) is 4.74 Å². The number of alkyl carbamates (subject to hydrolysis) is 1. The van der Waals surface area contributed by atoms with E-state index < -0.39 is 23.8 Å². The molecule has 0 saturated heterocycles. The highest BCUT2D eigenvalue weighted by molar-refractivity contribution is 5.99. The number of para-hydroxylation sites is 1. The standard InChI is InChI=1S/C28H39N3O4/c1-8-18-31(26(33)23(19(2)3)30-27(34)35-28(5,6)7)24(21-15-10-9-11-16-21)25(32)29-22-17-13-12-14-20(22)4/h9-17,19,23-24H,8,18H2,1-7H3,(H,29,32)(H,30,34). The van der Waals surface area contributed by atoms with Crippen LogP contribution in [0.25, 0.3) is 0 Å². The fourth-order valence-electron chi connectivity index (χ4n) is 3.76. The van der Waals surface area contributed by atoms with Gasteiger partial charge in [-0.2, -0.15) is 0 Å². The third kappa shape index (κ3) is 8.12. The molecule has 7 nitrogen and oxygen atoms in total. The summed E-state index contributed by atoms with van der Waals surface area (Å²) in [6.07, 6.45) is -0.0223. The average Bonchev–Trinajstić information content (AvgIpc) is 2.77. The number of nitrogens with zero attached hydrogens (tertiary/aromatic N) is 1. The van der Waals surface area contributed by atoms with Crippen molar-refractivity contribution in [2.45, 2.75) is 72.6 Å². The number of ether oxygens (including phenoxy) is 1. The molecule has 0 saturated carbocycles. The Labute approximate surface area is 209 Å².